The SMILES string of the molecule is CCCCC(Br)(CC)C(=O)Nc1ccccc1. The van der Waals surface area contributed by atoms with Gasteiger partial charge < -0.3 is 5.32 Å². The number of para-hydroxylation sites is 1. The molecule has 0 fully saturated rings. The summed E-state index contributed by atoms with van der Waals surface area (Å²) in [6, 6.07) is 9.59. The number of hydrogen-bond donors (Lipinski definition) is 1. The van der Waals surface area contributed by atoms with Crippen molar-refractivity contribution < 1.29 is 4.79 Å². The van der Waals surface area contributed by atoms with Crippen LogP contribution in [0.3, 0.4) is 0 Å². The number of carbonyl (C=O) groups excluding carboxylic acids is 1. The minimum atomic E-state index is -0.432. The first-order valence-electron chi connectivity index (χ1n) is 6.18. The first kappa shape index (κ1) is 14.2. The number of nitrogens with one attached hydrogen (secondary N) is 1. The number of hydrogen-bond acceptors (Lipinski definition) is 1. The van der Waals surface area contributed by atoms with Gasteiger partial charge in [-0.25, -0.2) is 0 Å². The van der Waals surface area contributed by atoms with E-state index in [0.717, 1.165) is 31.4 Å². The van der Waals surface area contributed by atoms with E-state index in [1.807, 2.05) is 37.3 Å². The van der Waals surface area contributed by atoms with Crippen molar-refractivity contribution in [3.63, 3.8) is 0 Å². The Bertz CT molecular complexity index is 352. The van der Waals surface area contributed by atoms with Crippen LogP contribution < -0.4 is 5.32 Å². The molecule has 0 radical (unpaired) electrons. The molecule has 94 valence electrons. The van der Waals surface area contributed by atoms with E-state index in [1.165, 1.54) is 0 Å². The van der Waals surface area contributed by atoms with Crippen LogP contribution in [0.25, 0.3) is 0 Å². The van der Waals surface area contributed by atoms with Gasteiger partial charge in [-0.2, -0.15) is 0 Å². The molecule has 2 nitrogen and oxygen atoms in total. The Labute approximate surface area is 112 Å². The van der Waals surface area contributed by atoms with Crippen LogP contribution in [-0.4, -0.2) is 10.2 Å². The number of unbranched alkanes of at least 4 members (excludes halogenated alkanes) is 1. The van der Waals surface area contributed by atoms with Crippen molar-refractivity contribution in [1.29, 1.82) is 0 Å². The standard InChI is InChI=1S/C14H20BrNO/c1-3-5-11-14(15,4-2)13(17)16-12-9-7-6-8-10-12/h6-10H,3-5,11H2,1-2H3,(H,16,17). The molecule has 1 atom stereocenters. The molecule has 0 saturated carbocycles. The largest absolute Gasteiger partial charge is 0.325 e. The van der Waals surface area contributed by atoms with Crippen molar-refractivity contribution >= 4 is 27.5 Å². The van der Waals surface area contributed by atoms with Crippen LogP contribution in [0.4, 0.5) is 5.69 Å². The number of carbonyl (C=O) groups is 1. The second-order valence-corrected chi connectivity index (χ2v) is 5.76. The predicted molar refractivity (Wildman–Crippen MR) is 76.5 cm³/mol. The van der Waals surface area contributed by atoms with Crippen molar-refractivity contribution in [3.8, 4) is 0 Å². The molecular weight excluding hydrogens is 278 g/mol. The van der Waals surface area contributed by atoms with E-state index in [2.05, 4.69) is 28.2 Å². The highest BCUT2D eigenvalue weighted by Gasteiger charge is 2.32. The van der Waals surface area contributed by atoms with E-state index in [9.17, 15) is 4.79 Å². The van der Waals surface area contributed by atoms with Gasteiger partial charge in [-0.05, 0) is 25.0 Å². The van der Waals surface area contributed by atoms with Crippen molar-refractivity contribution in [1.82, 2.24) is 0 Å². The molecule has 0 heterocycles. The van der Waals surface area contributed by atoms with Crippen LogP contribution >= 0.6 is 15.9 Å². The molecule has 1 amide bonds. The molecule has 1 unspecified atom stereocenters. The smallest absolute Gasteiger partial charge is 0.241 e. The third-order valence-electron chi connectivity index (χ3n) is 2.93. The monoisotopic (exact) mass is 297 g/mol. The second kappa shape index (κ2) is 6.80. The number of amides is 1. The van der Waals surface area contributed by atoms with Gasteiger partial charge >= 0.3 is 0 Å². The molecule has 1 aromatic carbocycles. The van der Waals surface area contributed by atoms with Crippen LogP contribution in [0.1, 0.15) is 39.5 Å². The number of benzene rings is 1. The maximum absolute atomic E-state index is 12.2. The van der Waals surface area contributed by atoms with Crippen LogP contribution in [0.2, 0.25) is 0 Å². The second-order valence-electron chi connectivity index (χ2n) is 4.24. The summed E-state index contributed by atoms with van der Waals surface area (Å²) in [5, 5.41) is 2.96. The van der Waals surface area contributed by atoms with Crippen LogP contribution in [0, 0.1) is 0 Å². The zero-order valence-electron chi connectivity index (χ0n) is 10.5. The Hall–Kier alpha value is -0.830. The summed E-state index contributed by atoms with van der Waals surface area (Å²) in [7, 11) is 0. The maximum atomic E-state index is 12.2. The molecule has 0 bridgehead atoms. The van der Waals surface area contributed by atoms with Gasteiger partial charge in [0.15, 0.2) is 0 Å². The molecule has 0 spiro atoms. The minimum Gasteiger partial charge on any atom is -0.325 e. The quantitative estimate of drug-likeness (QED) is 0.777. The van der Waals surface area contributed by atoms with Gasteiger partial charge in [-0.3, -0.25) is 4.79 Å². The van der Waals surface area contributed by atoms with Gasteiger partial charge in [0.05, 0.1) is 0 Å². The molecule has 0 aliphatic rings. The Morgan fingerprint density at radius 2 is 1.94 bits per heavy atom. The lowest BCUT2D eigenvalue weighted by atomic mass is 9.98. The molecule has 0 aliphatic carbocycles. The van der Waals surface area contributed by atoms with Crippen molar-refractivity contribution in [3.05, 3.63) is 30.3 Å². The number of halogens is 1. The van der Waals surface area contributed by atoms with Gasteiger partial charge in [0.25, 0.3) is 0 Å². The van der Waals surface area contributed by atoms with Crippen LogP contribution in [0.5, 0.6) is 0 Å². The van der Waals surface area contributed by atoms with E-state index in [0.29, 0.717) is 0 Å². The average Bonchev–Trinajstić information content (AvgIpc) is 2.37. The van der Waals surface area contributed by atoms with Crippen molar-refractivity contribution in [2.45, 2.75) is 43.9 Å². The summed E-state index contributed by atoms with van der Waals surface area (Å²) >= 11 is 3.60. The molecule has 0 aromatic heterocycles. The Kier molecular flexibility index (Phi) is 5.69. The van der Waals surface area contributed by atoms with E-state index >= 15 is 0 Å². The van der Waals surface area contributed by atoms with E-state index in [1.54, 1.807) is 0 Å². The molecule has 0 aliphatic heterocycles. The summed E-state index contributed by atoms with van der Waals surface area (Å²) in [5.41, 5.74) is 0.853. The lowest BCUT2D eigenvalue weighted by Crippen LogP contribution is -2.36. The average molecular weight is 298 g/mol. The van der Waals surface area contributed by atoms with Crippen molar-refractivity contribution in [2.75, 3.05) is 5.32 Å². The number of anilines is 1. The molecule has 1 N–H and O–H groups in total. The molecular formula is C14H20BrNO. The summed E-state index contributed by atoms with van der Waals surface area (Å²) in [6.07, 6.45) is 3.83. The molecule has 1 aromatic rings. The summed E-state index contributed by atoms with van der Waals surface area (Å²) in [6.45, 7) is 4.17. The zero-order chi connectivity index (χ0) is 12.7. The topological polar surface area (TPSA) is 29.1 Å². The molecule has 1 rings (SSSR count). The third kappa shape index (κ3) is 4.15. The first-order chi connectivity index (χ1) is 8.12. The van der Waals surface area contributed by atoms with Gasteiger partial charge in [-0.1, -0.05) is 60.8 Å². The summed E-state index contributed by atoms with van der Waals surface area (Å²) in [5.74, 6) is 0.0552. The normalized spacial score (nSPS) is 14.1. The molecule has 0 saturated heterocycles. The van der Waals surface area contributed by atoms with Gasteiger partial charge in [-0.15, -0.1) is 0 Å². The van der Waals surface area contributed by atoms with Gasteiger partial charge in [0.1, 0.15) is 4.32 Å². The molecule has 3 heteroatoms. The predicted octanol–water partition coefficient (Wildman–Crippen LogP) is 4.36. The summed E-state index contributed by atoms with van der Waals surface area (Å²) in [4.78, 5) is 12.2. The lowest BCUT2D eigenvalue weighted by molar-refractivity contribution is -0.118. The maximum Gasteiger partial charge on any atom is 0.241 e. The highest BCUT2D eigenvalue weighted by Crippen LogP contribution is 2.30. The highest BCUT2D eigenvalue weighted by molar-refractivity contribution is 9.10. The third-order valence-corrected chi connectivity index (χ3v) is 4.24. The van der Waals surface area contributed by atoms with Crippen LogP contribution in [0.15, 0.2) is 30.3 Å². The fraction of sp³-hybridized carbons (Fsp3) is 0.500. The fourth-order valence-corrected chi connectivity index (χ4v) is 2.05. The first-order valence-corrected chi connectivity index (χ1v) is 6.97. The Morgan fingerprint density at radius 1 is 1.29 bits per heavy atom. The number of rotatable bonds is 6. The fourth-order valence-electron chi connectivity index (χ4n) is 1.67. The van der Waals surface area contributed by atoms with Crippen LogP contribution in [-0.2, 0) is 4.79 Å². The van der Waals surface area contributed by atoms with Gasteiger partial charge in [0, 0.05) is 5.69 Å². The highest BCUT2D eigenvalue weighted by atomic mass is 79.9. The van der Waals surface area contributed by atoms with E-state index in [4.69, 9.17) is 0 Å². The van der Waals surface area contributed by atoms with Gasteiger partial charge in [0.2, 0.25) is 5.91 Å². The van der Waals surface area contributed by atoms with E-state index in [-0.39, 0.29) is 5.91 Å². The van der Waals surface area contributed by atoms with E-state index < -0.39 is 4.32 Å². The van der Waals surface area contributed by atoms with Crippen molar-refractivity contribution in [2.24, 2.45) is 0 Å². The summed E-state index contributed by atoms with van der Waals surface area (Å²) < 4.78 is -0.432. The molecule has 17 heavy (non-hydrogen) atoms. The minimum absolute atomic E-state index is 0.0552. The zero-order valence-corrected chi connectivity index (χ0v) is 12.1. The Balaban J connectivity index is 2.66. The Morgan fingerprint density at radius 3 is 2.47 bits per heavy atom. The lowest BCUT2D eigenvalue weighted by Gasteiger charge is -2.24. The number of alkyl halides is 1.